The van der Waals surface area contributed by atoms with Crippen LogP contribution in [-0.4, -0.2) is 67.4 Å². The smallest absolute Gasteiger partial charge is 0.409 e. The van der Waals surface area contributed by atoms with E-state index in [1.54, 1.807) is 9.80 Å². The normalized spacial score (nSPS) is 21.0. The first-order chi connectivity index (χ1) is 10.6. The van der Waals surface area contributed by atoms with Crippen LogP contribution in [0.1, 0.15) is 32.1 Å². The van der Waals surface area contributed by atoms with Gasteiger partial charge in [0.25, 0.3) is 6.47 Å². The van der Waals surface area contributed by atoms with Crippen LogP contribution in [-0.2, 0) is 14.3 Å². The van der Waals surface area contributed by atoms with E-state index in [2.05, 4.69) is 10.1 Å². The van der Waals surface area contributed by atoms with Crippen LogP contribution in [0.2, 0.25) is 0 Å². The van der Waals surface area contributed by atoms with Crippen LogP contribution < -0.4 is 5.32 Å². The molecule has 2 aliphatic rings. The summed E-state index contributed by atoms with van der Waals surface area (Å²) >= 11 is 0. The summed E-state index contributed by atoms with van der Waals surface area (Å²) in [5.74, 6) is 0. The van der Waals surface area contributed by atoms with Gasteiger partial charge in [-0.15, -0.1) is 0 Å². The van der Waals surface area contributed by atoms with E-state index in [1.165, 1.54) is 7.11 Å². The van der Waals surface area contributed by atoms with E-state index >= 15 is 0 Å². The lowest BCUT2D eigenvalue weighted by molar-refractivity contribution is -0.150. The van der Waals surface area contributed by atoms with E-state index < -0.39 is 5.72 Å². The minimum atomic E-state index is -0.878. The van der Waals surface area contributed by atoms with Crippen LogP contribution in [0.4, 0.5) is 9.59 Å². The summed E-state index contributed by atoms with van der Waals surface area (Å²) in [6.07, 6.45) is 3.82. The van der Waals surface area contributed by atoms with E-state index in [4.69, 9.17) is 4.74 Å². The molecule has 0 aromatic rings. The van der Waals surface area contributed by atoms with E-state index in [1.807, 2.05) is 0 Å². The first-order valence-corrected chi connectivity index (χ1v) is 7.62. The van der Waals surface area contributed by atoms with Crippen LogP contribution >= 0.6 is 0 Å². The van der Waals surface area contributed by atoms with E-state index in [0.29, 0.717) is 45.5 Å². The molecule has 1 N–H and O–H groups in total. The summed E-state index contributed by atoms with van der Waals surface area (Å²) in [4.78, 5) is 37.7. The van der Waals surface area contributed by atoms with Crippen molar-refractivity contribution in [3.63, 3.8) is 0 Å². The summed E-state index contributed by atoms with van der Waals surface area (Å²) in [6, 6.07) is -0.256. The molecule has 3 amide bonds. The predicted molar refractivity (Wildman–Crippen MR) is 77.0 cm³/mol. The van der Waals surface area contributed by atoms with Crippen molar-refractivity contribution in [2.45, 2.75) is 37.8 Å². The first kappa shape index (κ1) is 16.4. The highest BCUT2D eigenvalue weighted by Crippen LogP contribution is 2.29. The zero-order valence-corrected chi connectivity index (χ0v) is 12.9. The molecule has 1 heterocycles. The van der Waals surface area contributed by atoms with E-state index in [0.717, 1.165) is 19.3 Å². The maximum absolute atomic E-state index is 12.4. The lowest BCUT2D eigenvalue weighted by Gasteiger charge is -2.39. The Hall–Kier alpha value is -1.99. The van der Waals surface area contributed by atoms with Gasteiger partial charge in [-0.05, 0) is 12.8 Å². The third-order valence-electron chi connectivity index (χ3n) is 4.27. The largest absolute Gasteiger partial charge is 0.453 e. The van der Waals surface area contributed by atoms with E-state index in [9.17, 15) is 14.4 Å². The fourth-order valence-corrected chi connectivity index (χ4v) is 2.98. The summed E-state index contributed by atoms with van der Waals surface area (Å²) in [5.41, 5.74) is -0.878. The molecular weight excluding hydrogens is 290 g/mol. The second-order valence-corrected chi connectivity index (χ2v) is 5.64. The van der Waals surface area contributed by atoms with Crippen molar-refractivity contribution in [3.05, 3.63) is 0 Å². The Morgan fingerprint density at radius 2 is 1.64 bits per heavy atom. The molecule has 22 heavy (non-hydrogen) atoms. The Morgan fingerprint density at radius 1 is 1.05 bits per heavy atom. The zero-order valence-electron chi connectivity index (χ0n) is 12.9. The summed E-state index contributed by atoms with van der Waals surface area (Å²) in [5, 5.41) is 2.86. The molecule has 8 nitrogen and oxygen atoms in total. The van der Waals surface area contributed by atoms with Crippen molar-refractivity contribution in [2.24, 2.45) is 0 Å². The number of rotatable bonds is 3. The Morgan fingerprint density at radius 3 is 2.18 bits per heavy atom. The molecule has 0 unspecified atom stereocenters. The van der Waals surface area contributed by atoms with Crippen LogP contribution in [0.5, 0.6) is 0 Å². The number of carbonyl (C=O) groups is 3. The molecule has 1 saturated heterocycles. The number of amides is 3. The highest BCUT2D eigenvalue weighted by Gasteiger charge is 2.37. The minimum absolute atomic E-state index is 0.256. The molecule has 0 spiro atoms. The third-order valence-corrected chi connectivity index (χ3v) is 4.27. The number of methoxy groups -OCH3 is 1. The Kier molecular flexibility index (Phi) is 5.46. The summed E-state index contributed by atoms with van der Waals surface area (Å²) in [7, 11) is 1.34. The maximum Gasteiger partial charge on any atom is 0.409 e. The zero-order chi connectivity index (χ0) is 16.0. The standard InChI is InChI=1S/C14H23N3O5/c1-21-13(20)17-9-7-16(8-10-17)12(19)15-14(22-11-18)5-3-2-4-6-14/h11H,2-10H2,1H3,(H,15,19). The van der Waals surface area contributed by atoms with Crippen molar-refractivity contribution in [3.8, 4) is 0 Å². The van der Waals surface area contributed by atoms with Crippen molar-refractivity contribution in [2.75, 3.05) is 33.3 Å². The molecule has 0 bridgehead atoms. The van der Waals surface area contributed by atoms with Gasteiger partial charge < -0.3 is 19.3 Å². The number of piperazine rings is 1. The van der Waals surface area contributed by atoms with Gasteiger partial charge in [0.1, 0.15) is 0 Å². The van der Waals surface area contributed by atoms with Crippen molar-refractivity contribution < 1.29 is 23.9 Å². The van der Waals surface area contributed by atoms with Gasteiger partial charge in [-0.2, -0.15) is 0 Å². The highest BCUT2D eigenvalue weighted by atomic mass is 16.6. The lowest BCUT2D eigenvalue weighted by atomic mass is 9.91. The molecule has 0 aromatic carbocycles. The average Bonchev–Trinajstić information content (AvgIpc) is 2.55. The van der Waals surface area contributed by atoms with Gasteiger partial charge in [0, 0.05) is 39.0 Å². The molecule has 0 atom stereocenters. The molecular formula is C14H23N3O5. The predicted octanol–water partition coefficient (Wildman–Crippen LogP) is 0.913. The van der Waals surface area contributed by atoms with Crippen molar-refractivity contribution in [1.29, 1.82) is 0 Å². The third kappa shape index (κ3) is 3.80. The molecule has 2 rings (SSSR count). The number of nitrogens with one attached hydrogen (secondary N) is 1. The topological polar surface area (TPSA) is 88.2 Å². The number of hydrogen-bond acceptors (Lipinski definition) is 5. The van der Waals surface area contributed by atoms with Gasteiger partial charge in [0.05, 0.1) is 7.11 Å². The van der Waals surface area contributed by atoms with Crippen LogP contribution in [0, 0.1) is 0 Å². The molecule has 124 valence electrons. The van der Waals surface area contributed by atoms with Crippen LogP contribution in [0.3, 0.4) is 0 Å². The van der Waals surface area contributed by atoms with Gasteiger partial charge in [-0.3, -0.25) is 10.1 Å². The van der Waals surface area contributed by atoms with Crippen molar-refractivity contribution in [1.82, 2.24) is 15.1 Å². The highest BCUT2D eigenvalue weighted by molar-refractivity contribution is 5.75. The Labute approximate surface area is 129 Å². The monoisotopic (exact) mass is 313 g/mol. The van der Waals surface area contributed by atoms with Gasteiger partial charge >= 0.3 is 12.1 Å². The van der Waals surface area contributed by atoms with E-state index in [-0.39, 0.29) is 12.1 Å². The molecule has 8 heteroatoms. The van der Waals surface area contributed by atoms with Crippen LogP contribution in [0.15, 0.2) is 0 Å². The van der Waals surface area contributed by atoms with Crippen molar-refractivity contribution >= 4 is 18.6 Å². The number of nitrogens with zero attached hydrogens (tertiary/aromatic N) is 2. The molecule has 0 aromatic heterocycles. The fourth-order valence-electron chi connectivity index (χ4n) is 2.98. The second kappa shape index (κ2) is 7.33. The van der Waals surface area contributed by atoms with Gasteiger partial charge in [0.15, 0.2) is 5.72 Å². The summed E-state index contributed by atoms with van der Waals surface area (Å²) in [6.45, 7) is 2.13. The SMILES string of the molecule is COC(=O)N1CCN(C(=O)NC2(OC=O)CCCCC2)CC1. The number of carbonyl (C=O) groups excluding carboxylic acids is 3. The second-order valence-electron chi connectivity index (χ2n) is 5.64. The minimum Gasteiger partial charge on any atom is -0.453 e. The van der Waals surface area contributed by atoms with Crippen LogP contribution in [0.25, 0.3) is 0 Å². The molecule has 1 saturated carbocycles. The van der Waals surface area contributed by atoms with Gasteiger partial charge in [-0.1, -0.05) is 6.42 Å². The lowest BCUT2D eigenvalue weighted by Crippen LogP contribution is -2.59. The average molecular weight is 313 g/mol. The molecule has 1 aliphatic carbocycles. The molecule has 0 radical (unpaired) electrons. The number of urea groups is 1. The maximum atomic E-state index is 12.4. The number of hydrogen-bond donors (Lipinski definition) is 1. The fraction of sp³-hybridized carbons (Fsp3) is 0.786. The van der Waals surface area contributed by atoms with Gasteiger partial charge in [-0.25, -0.2) is 9.59 Å². The summed E-state index contributed by atoms with van der Waals surface area (Å²) < 4.78 is 9.85. The molecule has 1 aliphatic heterocycles. The molecule has 2 fully saturated rings. The van der Waals surface area contributed by atoms with Gasteiger partial charge in [0.2, 0.25) is 0 Å². The number of ether oxygens (including phenoxy) is 2. The quantitative estimate of drug-likeness (QED) is 0.618. The first-order valence-electron chi connectivity index (χ1n) is 7.62. The Balaban J connectivity index is 1.89. The Bertz CT molecular complexity index is 415.